The molecule has 2 aromatic carbocycles. The minimum Gasteiger partial charge on any atom is -0.318 e. The molecule has 4 heteroatoms. The van der Waals surface area contributed by atoms with Crippen LogP contribution in [-0.4, -0.2) is 10.8 Å². The van der Waals surface area contributed by atoms with E-state index in [9.17, 15) is 0 Å². The maximum absolute atomic E-state index is 5.89. The van der Waals surface area contributed by atoms with Gasteiger partial charge in [-0.25, -0.2) is 0 Å². The van der Waals surface area contributed by atoms with Crippen molar-refractivity contribution in [3.8, 4) is 5.69 Å². The van der Waals surface area contributed by atoms with Crippen LogP contribution in [0.1, 0.15) is 22.5 Å². The second-order valence-electron chi connectivity index (χ2n) is 5.72. The molecule has 0 fully saturated rings. The Morgan fingerprint density at radius 3 is 2.46 bits per heavy atom. The molecule has 0 bridgehead atoms. The Morgan fingerprint density at radius 2 is 1.75 bits per heavy atom. The monoisotopic (exact) mass is 337 g/mol. The molecule has 0 aliphatic carbocycles. The third-order valence-electron chi connectivity index (χ3n) is 3.98. The molecule has 0 saturated heterocycles. The molecule has 0 saturated carbocycles. The second-order valence-corrected chi connectivity index (χ2v) is 6.15. The van der Waals surface area contributed by atoms with Gasteiger partial charge in [0.25, 0.3) is 0 Å². The highest BCUT2D eigenvalue weighted by Gasteiger charge is 2.08. The van der Waals surface area contributed by atoms with Gasteiger partial charge in [0.2, 0.25) is 0 Å². The molecule has 1 heterocycles. The Balaban J connectivity index is 1.70. The van der Waals surface area contributed by atoms with Crippen LogP contribution in [0.4, 0.5) is 0 Å². The zero-order valence-corrected chi connectivity index (χ0v) is 14.6. The van der Waals surface area contributed by atoms with E-state index in [1.165, 1.54) is 17.1 Å². The molecule has 24 heavy (non-hydrogen) atoms. The molecule has 3 aromatic rings. The first-order chi connectivity index (χ1) is 11.6. The summed E-state index contributed by atoms with van der Waals surface area (Å²) in [5, 5.41) is 5.09. The molecular formula is C20H20ClN3. The molecular weight excluding hydrogens is 318 g/mol. The van der Waals surface area contributed by atoms with Gasteiger partial charge in [-0.2, -0.15) is 5.10 Å². The lowest BCUT2D eigenvalue weighted by molar-refractivity contribution is 0.748. The summed E-state index contributed by atoms with van der Waals surface area (Å²) < 4.78 is 2.24. The van der Waals surface area contributed by atoms with Gasteiger partial charge in [-0.05, 0) is 49.7 Å². The molecule has 0 spiro atoms. The van der Waals surface area contributed by atoms with Gasteiger partial charge >= 0.3 is 0 Å². The van der Waals surface area contributed by atoms with Crippen molar-refractivity contribution in [3.05, 3.63) is 88.2 Å². The zero-order chi connectivity index (χ0) is 16.9. The molecule has 0 aliphatic rings. The standard InChI is InChI=1S/C20H20ClN3/c1-15-12-18(16(2)24(15)20-6-4-3-5-7-20)14-23-22-13-17-8-10-19(21)11-9-17/h3-12,14,22H,13H2,1-2H3/b23-14-. The lowest BCUT2D eigenvalue weighted by Crippen LogP contribution is -2.05. The number of rotatable bonds is 5. The van der Waals surface area contributed by atoms with Crippen LogP contribution in [0, 0.1) is 13.8 Å². The molecule has 1 aromatic heterocycles. The minimum atomic E-state index is 0.672. The van der Waals surface area contributed by atoms with Crippen LogP contribution in [0.2, 0.25) is 5.02 Å². The quantitative estimate of drug-likeness (QED) is 0.522. The van der Waals surface area contributed by atoms with Gasteiger partial charge in [0.1, 0.15) is 0 Å². The van der Waals surface area contributed by atoms with Crippen molar-refractivity contribution >= 4 is 17.8 Å². The van der Waals surface area contributed by atoms with Crippen molar-refractivity contribution in [3.63, 3.8) is 0 Å². The van der Waals surface area contributed by atoms with E-state index in [4.69, 9.17) is 11.6 Å². The highest BCUT2D eigenvalue weighted by Crippen LogP contribution is 2.19. The summed E-state index contributed by atoms with van der Waals surface area (Å²) in [6.07, 6.45) is 1.87. The largest absolute Gasteiger partial charge is 0.318 e. The number of hydrogen-bond acceptors (Lipinski definition) is 2. The normalized spacial score (nSPS) is 11.1. The predicted octanol–water partition coefficient (Wildman–Crippen LogP) is 4.87. The Kier molecular flexibility index (Phi) is 5.02. The highest BCUT2D eigenvalue weighted by atomic mass is 35.5. The van der Waals surface area contributed by atoms with Crippen LogP contribution in [0.15, 0.2) is 65.8 Å². The van der Waals surface area contributed by atoms with E-state index in [0.717, 1.165) is 16.1 Å². The summed E-state index contributed by atoms with van der Waals surface area (Å²) >= 11 is 5.89. The van der Waals surface area contributed by atoms with Gasteiger partial charge in [-0.3, -0.25) is 0 Å². The molecule has 1 N–H and O–H groups in total. The fourth-order valence-electron chi connectivity index (χ4n) is 2.75. The van der Waals surface area contributed by atoms with E-state index >= 15 is 0 Å². The third kappa shape index (κ3) is 3.69. The highest BCUT2D eigenvalue weighted by molar-refractivity contribution is 6.30. The Labute approximate surface area is 147 Å². The van der Waals surface area contributed by atoms with Crippen molar-refractivity contribution in [2.75, 3.05) is 0 Å². The number of aryl methyl sites for hydroxylation is 1. The first kappa shape index (κ1) is 16.3. The van der Waals surface area contributed by atoms with Gasteiger partial charge in [0, 0.05) is 27.7 Å². The van der Waals surface area contributed by atoms with E-state index in [0.29, 0.717) is 6.54 Å². The van der Waals surface area contributed by atoms with E-state index in [-0.39, 0.29) is 0 Å². The average Bonchev–Trinajstić information content (AvgIpc) is 2.88. The maximum atomic E-state index is 5.89. The van der Waals surface area contributed by atoms with Crippen molar-refractivity contribution in [2.24, 2.45) is 5.10 Å². The second kappa shape index (κ2) is 7.37. The van der Waals surface area contributed by atoms with E-state index < -0.39 is 0 Å². The average molecular weight is 338 g/mol. The number of hydrazone groups is 1. The molecule has 0 atom stereocenters. The van der Waals surface area contributed by atoms with Gasteiger partial charge in [-0.15, -0.1) is 0 Å². The van der Waals surface area contributed by atoms with Crippen LogP contribution >= 0.6 is 11.6 Å². The minimum absolute atomic E-state index is 0.672. The number of nitrogens with one attached hydrogen (secondary N) is 1. The van der Waals surface area contributed by atoms with Crippen molar-refractivity contribution in [1.29, 1.82) is 0 Å². The van der Waals surface area contributed by atoms with Gasteiger partial charge in [-0.1, -0.05) is 41.9 Å². The zero-order valence-electron chi connectivity index (χ0n) is 13.8. The van der Waals surface area contributed by atoms with Crippen LogP contribution < -0.4 is 5.43 Å². The van der Waals surface area contributed by atoms with Crippen molar-refractivity contribution in [2.45, 2.75) is 20.4 Å². The van der Waals surface area contributed by atoms with Crippen molar-refractivity contribution in [1.82, 2.24) is 9.99 Å². The predicted molar refractivity (Wildman–Crippen MR) is 101 cm³/mol. The summed E-state index contributed by atoms with van der Waals surface area (Å²) in [6, 6.07) is 20.3. The summed E-state index contributed by atoms with van der Waals surface area (Å²) in [5.41, 5.74) is 8.88. The number of nitrogens with zero attached hydrogens (tertiary/aromatic N) is 2. The summed E-state index contributed by atoms with van der Waals surface area (Å²) in [4.78, 5) is 0. The van der Waals surface area contributed by atoms with Gasteiger partial charge in [0.05, 0.1) is 12.8 Å². The lowest BCUT2D eigenvalue weighted by atomic mass is 10.2. The molecule has 3 nitrogen and oxygen atoms in total. The molecule has 0 amide bonds. The Morgan fingerprint density at radius 1 is 1.04 bits per heavy atom. The lowest BCUT2D eigenvalue weighted by Gasteiger charge is -2.09. The molecule has 3 rings (SSSR count). The van der Waals surface area contributed by atoms with Gasteiger partial charge in [0.15, 0.2) is 0 Å². The smallest absolute Gasteiger partial charge is 0.0580 e. The van der Waals surface area contributed by atoms with Crippen LogP contribution in [0.25, 0.3) is 5.69 Å². The maximum Gasteiger partial charge on any atom is 0.0580 e. The van der Waals surface area contributed by atoms with Crippen LogP contribution in [0.3, 0.4) is 0 Å². The molecule has 0 unspecified atom stereocenters. The summed E-state index contributed by atoms with van der Waals surface area (Å²) in [6.45, 7) is 4.89. The van der Waals surface area contributed by atoms with Crippen molar-refractivity contribution < 1.29 is 0 Å². The first-order valence-electron chi connectivity index (χ1n) is 7.90. The number of hydrogen-bond donors (Lipinski definition) is 1. The fourth-order valence-corrected chi connectivity index (χ4v) is 2.87. The number of benzene rings is 2. The number of halogens is 1. The molecule has 0 radical (unpaired) electrons. The Bertz CT molecular complexity index is 833. The van der Waals surface area contributed by atoms with E-state index in [1.54, 1.807) is 0 Å². The Hall–Kier alpha value is -2.52. The number of para-hydroxylation sites is 1. The SMILES string of the molecule is Cc1cc(/C=N\NCc2ccc(Cl)cc2)c(C)n1-c1ccccc1. The van der Waals surface area contributed by atoms with E-state index in [1.807, 2.05) is 36.5 Å². The van der Waals surface area contributed by atoms with Gasteiger partial charge < -0.3 is 9.99 Å². The van der Waals surface area contributed by atoms with E-state index in [2.05, 4.69) is 59.3 Å². The third-order valence-corrected chi connectivity index (χ3v) is 4.23. The topological polar surface area (TPSA) is 29.3 Å². The van der Waals surface area contributed by atoms with Crippen LogP contribution in [0.5, 0.6) is 0 Å². The fraction of sp³-hybridized carbons (Fsp3) is 0.150. The number of aromatic nitrogens is 1. The van der Waals surface area contributed by atoms with Crippen LogP contribution in [-0.2, 0) is 6.54 Å². The molecule has 0 aliphatic heterocycles. The first-order valence-corrected chi connectivity index (χ1v) is 8.27. The summed E-state index contributed by atoms with van der Waals surface area (Å²) in [7, 11) is 0. The summed E-state index contributed by atoms with van der Waals surface area (Å²) in [5.74, 6) is 0. The molecule has 122 valence electrons.